The van der Waals surface area contributed by atoms with Gasteiger partial charge in [-0.15, -0.1) is 0 Å². The number of ether oxygens (including phenoxy) is 1. The Bertz CT molecular complexity index is 256. The van der Waals surface area contributed by atoms with Gasteiger partial charge in [-0.3, -0.25) is 4.79 Å². The summed E-state index contributed by atoms with van der Waals surface area (Å²) in [5.41, 5.74) is 4.42. The van der Waals surface area contributed by atoms with E-state index in [9.17, 15) is 9.59 Å². The van der Waals surface area contributed by atoms with Gasteiger partial charge in [-0.2, -0.15) is 0 Å². The molecule has 0 amide bonds. The molecule has 0 spiro atoms. The van der Waals surface area contributed by atoms with Gasteiger partial charge in [0.25, 0.3) is 0 Å². The van der Waals surface area contributed by atoms with Gasteiger partial charge in [0.05, 0.1) is 0 Å². The first-order valence-electron chi connectivity index (χ1n) is 6.92. The Balaban J connectivity index is 3.52. The van der Waals surface area contributed by atoms with E-state index in [1.807, 2.05) is 0 Å². The third kappa shape index (κ3) is 9.16. The Morgan fingerprint density at radius 2 is 1.50 bits per heavy atom. The highest BCUT2D eigenvalue weighted by atomic mass is 16.6. The van der Waals surface area contributed by atoms with Crippen molar-refractivity contribution < 1.29 is 14.3 Å². The maximum Gasteiger partial charge on any atom is 0.333 e. The molecule has 0 saturated heterocycles. The van der Waals surface area contributed by atoms with Crippen LogP contribution in [-0.2, 0) is 14.3 Å². The van der Waals surface area contributed by atoms with E-state index in [4.69, 9.17) is 5.73 Å². The summed E-state index contributed by atoms with van der Waals surface area (Å²) in [5, 5.41) is 0. The summed E-state index contributed by atoms with van der Waals surface area (Å²) in [6.07, 6.45) is 8.24. The lowest BCUT2D eigenvalue weighted by Crippen LogP contribution is -2.43. The van der Waals surface area contributed by atoms with Crippen molar-refractivity contribution in [1.82, 2.24) is 0 Å². The van der Waals surface area contributed by atoms with Crippen molar-refractivity contribution in [2.24, 2.45) is 5.73 Å². The summed E-state index contributed by atoms with van der Waals surface area (Å²) in [6.45, 7) is 5.23. The summed E-state index contributed by atoms with van der Waals surface area (Å²) < 4.78 is 4.66. The molecule has 0 aliphatic rings. The van der Waals surface area contributed by atoms with Crippen molar-refractivity contribution >= 4 is 11.9 Å². The summed E-state index contributed by atoms with van der Waals surface area (Å²) in [7, 11) is 0. The van der Waals surface area contributed by atoms with E-state index >= 15 is 0 Å². The fourth-order valence-corrected chi connectivity index (χ4v) is 1.51. The minimum Gasteiger partial charge on any atom is -0.392 e. The molecular weight excluding hydrogens is 230 g/mol. The number of nitrogens with two attached hydrogens (primary N) is 1. The molecule has 0 rings (SSSR count). The highest BCUT2D eigenvalue weighted by Crippen LogP contribution is 2.09. The molecule has 0 fully saturated rings. The second-order valence-electron chi connectivity index (χ2n) is 5.35. The van der Waals surface area contributed by atoms with E-state index in [0.717, 1.165) is 19.3 Å². The van der Waals surface area contributed by atoms with Crippen LogP contribution in [0.4, 0.5) is 0 Å². The molecule has 2 N–H and O–H groups in total. The topological polar surface area (TPSA) is 69.4 Å². The van der Waals surface area contributed by atoms with Gasteiger partial charge in [-0.05, 0) is 20.3 Å². The SMILES string of the molecule is CCCCCCCCCC(=O)OC(=O)C(C)(C)N. The summed E-state index contributed by atoms with van der Waals surface area (Å²) >= 11 is 0. The van der Waals surface area contributed by atoms with Crippen LogP contribution in [0.3, 0.4) is 0 Å². The smallest absolute Gasteiger partial charge is 0.333 e. The Morgan fingerprint density at radius 3 is 2.00 bits per heavy atom. The lowest BCUT2D eigenvalue weighted by molar-refractivity contribution is -0.163. The molecule has 4 heteroatoms. The van der Waals surface area contributed by atoms with Crippen LogP contribution in [0.15, 0.2) is 0 Å². The Kier molecular flexibility index (Phi) is 8.63. The van der Waals surface area contributed by atoms with Gasteiger partial charge in [0.1, 0.15) is 5.54 Å². The van der Waals surface area contributed by atoms with Crippen molar-refractivity contribution in [3.8, 4) is 0 Å². The normalized spacial score (nSPS) is 11.3. The summed E-state index contributed by atoms with van der Waals surface area (Å²) in [6, 6.07) is 0. The zero-order chi connectivity index (χ0) is 14.0. The Hall–Kier alpha value is -0.900. The first kappa shape index (κ1) is 17.1. The fraction of sp³-hybridized carbons (Fsp3) is 0.857. The van der Waals surface area contributed by atoms with Crippen molar-refractivity contribution in [2.45, 2.75) is 77.7 Å². The number of carbonyl (C=O) groups is 2. The first-order chi connectivity index (χ1) is 8.38. The number of unbranched alkanes of at least 4 members (excludes halogenated alkanes) is 6. The molecular formula is C14H27NO3. The molecule has 0 bridgehead atoms. The van der Waals surface area contributed by atoms with Gasteiger partial charge >= 0.3 is 11.9 Å². The number of hydrogen-bond acceptors (Lipinski definition) is 4. The average Bonchev–Trinajstić information content (AvgIpc) is 2.26. The molecule has 18 heavy (non-hydrogen) atoms. The van der Waals surface area contributed by atoms with Crippen molar-refractivity contribution in [3.05, 3.63) is 0 Å². The number of hydrogen-bond donors (Lipinski definition) is 1. The molecule has 0 radical (unpaired) electrons. The maximum atomic E-state index is 11.3. The van der Waals surface area contributed by atoms with Crippen LogP contribution in [0.25, 0.3) is 0 Å². The van der Waals surface area contributed by atoms with Crippen LogP contribution in [-0.4, -0.2) is 17.5 Å². The van der Waals surface area contributed by atoms with Crippen LogP contribution >= 0.6 is 0 Å². The number of esters is 2. The van der Waals surface area contributed by atoms with Crippen LogP contribution in [0, 0.1) is 0 Å². The summed E-state index contributed by atoms with van der Waals surface area (Å²) in [5.74, 6) is -1.12. The third-order valence-electron chi connectivity index (χ3n) is 2.72. The molecule has 0 aromatic rings. The zero-order valence-electron chi connectivity index (χ0n) is 12.0. The van der Waals surface area contributed by atoms with Crippen molar-refractivity contribution in [3.63, 3.8) is 0 Å². The largest absolute Gasteiger partial charge is 0.392 e. The monoisotopic (exact) mass is 257 g/mol. The lowest BCUT2D eigenvalue weighted by Gasteiger charge is -2.15. The minimum atomic E-state index is -1.10. The molecule has 0 heterocycles. The van der Waals surface area contributed by atoms with E-state index < -0.39 is 17.5 Å². The molecule has 0 unspecified atom stereocenters. The van der Waals surface area contributed by atoms with Crippen molar-refractivity contribution in [1.29, 1.82) is 0 Å². The van der Waals surface area contributed by atoms with Gasteiger partial charge < -0.3 is 10.5 Å². The van der Waals surface area contributed by atoms with Crippen LogP contribution in [0.1, 0.15) is 72.1 Å². The summed E-state index contributed by atoms with van der Waals surface area (Å²) in [4.78, 5) is 22.7. The number of carbonyl (C=O) groups excluding carboxylic acids is 2. The van der Waals surface area contributed by atoms with Gasteiger partial charge in [0.2, 0.25) is 0 Å². The fourth-order valence-electron chi connectivity index (χ4n) is 1.51. The van der Waals surface area contributed by atoms with Gasteiger partial charge in [0, 0.05) is 6.42 Å². The van der Waals surface area contributed by atoms with E-state index in [-0.39, 0.29) is 0 Å². The van der Waals surface area contributed by atoms with E-state index in [1.165, 1.54) is 39.5 Å². The predicted octanol–water partition coefficient (Wildman–Crippen LogP) is 2.93. The highest BCUT2D eigenvalue weighted by Gasteiger charge is 2.25. The standard InChI is InChI=1S/C14H27NO3/c1-4-5-6-7-8-9-10-11-12(16)18-13(17)14(2,3)15/h4-11,15H2,1-3H3. The van der Waals surface area contributed by atoms with Gasteiger partial charge in [-0.25, -0.2) is 4.79 Å². The number of rotatable bonds is 9. The first-order valence-corrected chi connectivity index (χ1v) is 6.92. The molecule has 4 nitrogen and oxygen atoms in total. The molecule has 0 aromatic carbocycles. The van der Waals surface area contributed by atoms with E-state index in [1.54, 1.807) is 0 Å². The van der Waals surface area contributed by atoms with Crippen LogP contribution < -0.4 is 5.73 Å². The lowest BCUT2D eigenvalue weighted by atomic mass is 10.1. The molecule has 0 aliphatic heterocycles. The zero-order valence-corrected chi connectivity index (χ0v) is 12.0. The Morgan fingerprint density at radius 1 is 1.00 bits per heavy atom. The maximum absolute atomic E-state index is 11.3. The van der Waals surface area contributed by atoms with Gasteiger partial charge in [-0.1, -0.05) is 45.4 Å². The molecule has 0 atom stereocenters. The van der Waals surface area contributed by atoms with E-state index in [0.29, 0.717) is 6.42 Å². The van der Waals surface area contributed by atoms with Crippen molar-refractivity contribution in [2.75, 3.05) is 0 Å². The minimum absolute atomic E-state index is 0.301. The molecule has 0 saturated carbocycles. The Labute approximate surface area is 110 Å². The van der Waals surface area contributed by atoms with E-state index in [2.05, 4.69) is 11.7 Å². The average molecular weight is 257 g/mol. The molecule has 0 aromatic heterocycles. The third-order valence-corrected chi connectivity index (χ3v) is 2.72. The molecule has 106 valence electrons. The molecule has 0 aliphatic carbocycles. The second kappa shape index (κ2) is 9.09. The van der Waals surface area contributed by atoms with Gasteiger partial charge in [0.15, 0.2) is 0 Å². The predicted molar refractivity (Wildman–Crippen MR) is 72.0 cm³/mol. The second-order valence-corrected chi connectivity index (χ2v) is 5.35. The van der Waals surface area contributed by atoms with Crippen LogP contribution in [0.5, 0.6) is 0 Å². The quantitative estimate of drug-likeness (QED) is 0.392. The van der Waals surface area contributed by atoms with Crippen LogP contribution in [0.2, 0.25) is 0 Å². The highest BCUT2D eigenvalue weighted by molar-refractivity contribution is 5.90.